The first kappa shape index (κ1) is 24.0. The summed E-state index contributed by atoms with van der Waals surface area (Å²) in [5, 5.41) is 3.26. The van der Waals surface area contributed by atoms with E-state index < -0.39 is 11.6 Å². The number of hydrogen-bond acceptors (Lipinski definition) is 7. The van der Waals surface area contributed by atoms with Crippen molar-refractivity contribution < 1.29 is 8.78 Å². The van der Waals surface area contributed by atoms with Crippen molar-refractivity contribution in [2.45, 2.75) is 45.4 Å². The van der Waals surface area contributed by atoms with Crippen LogP contribution < -0.4 is 15.1 Å². The van der Waals surface area contributed by atoms with Gasteiger partial charge in [-0.3, -0.25) is 0 Å². The Morgan fingerprint density at radius 1 is 1.08 bits per heavy atom. The van der Waals surface area contributed by atoms with Crippen LogP contribution in [0.1, 0.15) is 43.8 Å². The van der Waals surface area contributed by atoms with Gasteiger partial charge in [0.15, 0.2) is 11.6 Å². The lowest BCUT2D eigenvalue weighted by Gasteiger charge is -2.38. The maximum absolute atomic E-state index is 14.9. The van der Waals surface area contributed by atoms with Crippen LogP contribution in [0.25, 0.3) is 0 Å². The zero-order valence-corrected chi connectivity index (χ0v) is 21.8. The van der Waals surface area contributed by atoms with Crippen molar-refractivity contribution in [2.75, 3.05) is 41.8 Å². The molecule has 0 radical (unpaired) electrons. The fourth-order valence-electron chi connectivity index (χ4n) is 6.71. The summed E-state index contributed by atoms with van der Waals surface area (Å²) >= 11 is 0. The van der Waals surface area contributed by atoms with Crippen LogP contribution in [0.15, 0.2) is 30.6 Å². The summed E-state index contributed by atoms with van der Waals surface area (Å²) in [7, 11) is 1.86. The molecule has 2 unspecified atom stereocenters. The van der Waals surface area contributed by atoms with Gasteiger partial charge in [-0.25, -0.2) is 28.7 Å². The van der Waals surface area contributed by atoms with E-state index in [1.807, 2.05) is 18.9 Å². The number of halogens is 2. The monoisotopic (exact) mass is 505 g/mol. The molecule has 1 saturated heterocycles. The molecule has 2 fully saturated rings. The molecule has 7 nitrogen and oxygen atoms in total. The van der Waals surface area contributed by atoms with E-state index in [1.165, 1.54) is 12.8 Å². The second-order valence-electron chi connectivity index (χ2n) is 11.4. The first-order valence-electron chi connectivity index (χ1n) is 13.1. The van der Waals surface area contributed by atoms with E-state index in [-0.39, 0.29) is 11.1 Å². The summed E-state index contributed by atoms with van der Waals surface area (Å²) in [6.45, 7) is 8.62. The molecule has 0 spiro atoms. The zero-order valence-electron chi connectivity index (χ0n) is 21.8. The average Bonchev–Trinajstić information content (AvgIpc) is 3.26. The van der Waals surface area contributed by atoms with Gasteiger partial charge in [-0.2, -0.15) is 0 Å². The van der Waals surface area contributed by atoms with Gasteiger partial charge in [0.2, 0.25) is 0 Å². The first-order valence-corrected chi connectivity index (χ1v) is 13.1. The van der Waals surface area contributed by atoms with Crippen LogP contribution in [0.5, 0.6) is 0 Å². The molecule has 3 aromatic rings. The van der Waals surface area contributed by atoms with E-state index in [1.54, 1.807) is 18.5 Å². The van der Waals surface area contributed by atoms with E-state index in [9.17, 15) is 8.78 Å². The average molecular weight is 506 g/mol. The smallest absolute Gasteiger partial charge is 0.182 e. The number of rotatable bonds is 5. The molecule has 1 N–H and O–H groups in total. The summed E-state index contributed by atoms with van der Waals surface area (Å²) < 4.78 is 29.0. The van der Waals surface area contributed by atoms with Crippen LogP contribution in [0.3, 0.4) is 0 Å². The minimum Gasteiger partial charge on any atom is -0.373 e. The topological polar surface area (TPSA) is 70.1 Å². The Balaban J connectivity index is 1.32. The van der Waals surface area contributed by atoms with Crippen molar-refractivity contribution in [3.8, 4) is 0 Å². The van der Waals surface area contributed by atoms with Gasteiger partial charge >= 0.3 is 0 Å². The molecule has 3 aliphatic rings. The molecule has 37 heavy (non-hydrogen) atoms. The number of aromatic nitrogens is 4. The number of nitrogens with zero attached hydrogens (tertiary/aromatic N) is 6. The molecule has 4 heterocycles. The van der Waals surface area contributed by atoms with Gasteiger partial charge in [0.1, 0.15) is 29.6 Å². The van der Waals surface area contributed by atoms with E-state index in [0.29, 0.717) is 30.1 Å². The molecule has 1 aromatic carbocycles. The number of aryl methyl sites for hydroxylation is 1. The van der Waals surface area contributed by atoms with Crippen molar-refractivity contribution in [1.29, 1.82) is 0 Å². The Morgan fingerprint density at radius 2 is 1.84 bits per heavy atom. The van der Waals surface area contributed by atoms with Crippen molar-refractivity contribution >= 4 is 23.1 Å². The van der Waals surface area contributed by atoms with Crippen molar-refractivity contribution in [3.05, 3.63) is 59.3 Å². The summed E-state index contributed by atoms with van der Waals surface area (Å²) in [5.41, 5.74) is 1.81. The van der Waals surface area contributed by atoms with Crippen molar-refractivity contribution in [1.82, 2.24) is 19.9 Å². The molecular formula is C28H33F2N7. The second kappa shape index (κ2) is 8.89. The summed E-state index contributed by atoms with van der Waals surface area (Å²) in [5.74, 6) is 3.07. The minimum atomic E-state index is -0.853. The summed E-state index contributed by atoms with van der Waals surface area (Å²) in [4.78, 5) is 22.9. The lowest BCUT2D eigenvalue weighted by atomic mass is 9.82. The summed E-state index contributed by atoms with van der Waals surface area (Å²) in [6, 6.07) is 6.38. The third-order valence-corrected chi connectivity index (χ3v) is 8.44. The van der Waals surface area contributed by atoms with Crippen LogP contribution in [0.2, 0.25) is 0 Å². The fraction of sp³-hybridized carbons (Fsp3) is 0.500. The predicted molar refractivity (Wildman–Crippen MR) is 140 cm³/mol. The number of benzene rings is 1. The van der Waals surface area contributed by atoms with Crippen LogP contribution in [0.4, 0.5) is 31.9 Å². The fourth-order valence-corrected chi connectivity index (χ4v) is 6.71. The number of piperidine rings is 1. The van der Waals surface area contributed by atoms with Crippen molar-refractivity contribution in [3.63, 3.8) is 0 Å². The van der Waals surface area contributed by atoms with E-state index >= 15 is 0 Å². The highest BCUT2D eigenvalue weighted by Gasteiger charge is 2.44. The van der Waals surface area contributed by atoms with E-state index in [2.05, 4.69) is 40.1 Å². The normalized spacial score (nSPS) is 23.9. The SMILES string of the molecule is CNc1nc(CC2C3CCC2CN(c2cc(C)ncn2)C3)nc2c1C(C)(C)CN2c1cccc(F)c1F. The molecule has 0 amide bonds. The Hall–Kier alpha value is -3.36. The molecule has 2 atom stereocenters. The largest absolute Gasteiger partial charge is 0.373 e. The predicted octanol–water partition coefficient (Wildman–Crippen LogP) is 5.03. The molecule has 194 valence electrons. The van der Waals surface area contributed by atoms with Crippen molar-refractivity contribution in [2.24, 2.45) is 17.8 Å². The van der Waals surface area contributed by atoms with Gasteiger partial charge in [-0.15, -0.1) is 0 Å². The van der Waals surface area contributed by atoms with Gasteiger partial charge in [-0.1, -0.05) is 19.9 Å². The van der Waals surface area contributed by atoms with E-state index in [4.69, 9.17) is 9.97 Å². The Morgan fingerprint density at radius 3 is 2.54 bits per heavy atom. The van der Waals surface area contributed by atoms with Gasteiger partial charge < -0.3 is 15.1 Å². The Kier molecular flexibility index (Phi) is 5.76. The molecule has 2 aliphatic heterocycles. The maximum Gasteiger partial charge on any atom is 0.182 e. The minimum absolute atomic E-state index is 0.215. The lowest BCUT2D eigenvalue weighted by Crippen LogP contribution is -2.43. The number of hydrogen-bond donors (Lipinski definition) is 1. The molecule has 1 aliphatic carbocycles. The highest BCUT2D eigenvalue weighted by Crippen LogP contribution is 2.48. The lowest BCUT2D eigenvalue weighted by molar-refractivity contribution is 0.265. The quantitative estimate of drug-likeness (QED) is 0.522. The standard InChI is InChI=1S/C28H33F2N7/c1-16-10-23(33-15-32-16)36-12-17-8-9-18(13-36)19(17)11-22-34-26(31-4)24-27(35-22)37(14-28(24,2)3)21-7-5-6-20(29)25(21)30/h5-7,10,15,17-19H,8-9,11-14H2,1-4H3,(H,31,34,35). The number of nitrogens with one attached hydrogen (secondary N) is 1. The maximum atomic E-state index is 14.9. The van der Waals surface area contributed by atoms with Crippen LogP contribution >= 0.6 is 0 Å². The van der Waals surface area contributed by atoms with E-state index in [0.717, 1.165) is 54.3 Å². The molecule has 9 heteroatoms. The van der Waals surface area contributed by atoms with Crippen LogP contribution in [-0.2, 0) is 11.8 Å². The molecule has 2 bridgehead atoms. The summed E-state index contributed by atoms with van der Waals surface area (Å²) in [6.07, 6.45) is 4.79. The van der Waals surface area contributed by atoms with Gasteiger partial charge in [0.25, 0.3) is 0 Å². The molecular weight excluding hydrogens is 472 g/mol. The molecule has 1 saturated carbocycles. The second-order valence-corrected chi connectivity index (χ2v) is 11.4. The highest BCUT2D eigenvalue weighted by molar-refractivity contribution is 5.74. The number of fused-ring (bicyclic) bond motifs is 3. The third-order valence-electron chi connectivity index (χ3n) is 8.44. The molecule has 2 aromatic heterocycles. The number of anilines is 4. The molecule has 6 rings (SSSR count). The Labute approximate surface area is 216 Å². The van der Waals surface area contributed by atoms with Crippen LogP contribution in [-0.4, -0.2) is 46.6 Å². The van der Waals surface area contributed by atoms with Gasteiger partial charge in [0.05, 0.1) is 5.69 Å². The van der Waals surface area contributed by atoms with Gasteiger partial charge in [-0.05, 0) is 49.7 Å². The zero-order chi connectivity index (χ0) is 25.9. The van der Waals surface area contributed by atoms with Crippen LogP contribution in [0, 0.1) is 36.3 Å². The Bertz CT molecular complexity index is 1330. The first-order chi connectivity index (χ1) is 17.7. The van der Waals surface area contributed by atoms with Gasteiger partial charge in [0, 0.05) is 55.8 Å². The highest BCUT2D eigenvalue weighted by atomic mass is 19.2. The third kappa shape index (κ3) is 4.08.